The lowest BCUT2D eigenvalue weighted by molar-refractivity contribution is 0.579. The average molecular weight is 377 g/mol. The molecule has 0 atom stereocenters. The summed E-state index contributed by atoms with van der Waals surface area (Å²) >= 11 is 3.14. The standard InChI is InChI=1S/C13H11BrF2N2O2S/c1-7-2-5-10(15)13(12(7)16)18-21(19,20)8-3-4-9(14)11(17)6-8/h2-6,18H,17H2,1H3. The maximum absolute atomic E-state index is 13.9. The van der Waals surface area contributed by atoms with Crippen LogP contribution in [0.4, 0.5) is 20.2 Å². The molecule has 4 nitrogen and oxygen atoms in total. The molecule has 0 radical (unpaired) electrons. The van der Waals surface area contributed by atoms with Gasteiger partial charge in [-0.1, -0.05) is 6.07 Å². The van der Waals surface area contributed by atoms with Crippen molar-refractivity contribution in [2.75, 3.05) is 10.5 Å². The van der Waals surface area contributed by atoms with Crippen molar-refractivity contribution in [2.45, 2.75) is 11.8 Å². The summed E-state index contributed by atoms with van der Waals surface area (Å²) in [5, 5.41) is 0. The molecule has 21 heavy (non-hydrogen) atoms. The number of sulfonamides is 1. The highest BCUT2D eigenvalue weighted by Gasteiger charge is 2.20. The van der Waals surface area contributed by atoms with Gasteiger partial charge in [0.2, 0.25) is 0 Å². The van der Waals surface area contributed by atoms with Crippen LogP contribution in [0.15, 0.2) is 39.7 Å². The molecule has 0 saturated carbocycles. The lowest BCUT2D eigenvalue weighted by Crippen LogP contribution is -2.16. The number of nitrogens with one attached hydrogen (secondary N) is 1. The summed E-state index contributed by atoms with van der Waals surface area (Å²) in [4.78, 5) is -0.191. The first-order valence-electron chi connectivity index (χ1n) is 5.75. The summed E-state index contributed by atoms with van der Waals surface area (Å²) in [5.41, 5.74) is 5.22. The van der Waals surface area contributed by atoms with Gasteiger partial charge in [-0.05, 0) is 52.7 Å². The van der Waals surface area contributed by atoms with Crippen LogP contribution in [-0.2, 0) is 10.0 Å². The largest absolute Gasteiger partial charge is 0.398 e. The summed E-state index contributed by atoms with van der Waals surface area (Å²) in [5.74, 6) is -1.95. The van der Waals surface area contributed by atoms with E-state index >= 15 is 0 Å². The van der Waals surface area contributed by atoms with E-state index in [-0.39, 0.29) is 16.1 Å². The average Bonchev–Trinajstić information content (AvgIpc) is 2.42. The Morgan fingerprint density at radius 2 is 1.86 bits per heavy atom. The maximum Gasteiger partial charge on any atom is 0.262 e. The molecule has 0 aliphatic rings. The van der Waals surface area contributed by atoms with Gasteiger partial charge in [0.05, 0.1) is 4.90 Å². The molecular weight excluding hydrogens is 366 g/mol. The minimum atomic E-state index is -4.15. The van der Waals surface area contributed by atoms with Crippen LogP contribution >= 0.6 is 15.9 Å². The van der Waals surface area contributed by atoms with Crippen molar-refractivity contribution in [3.8, 4) is 0 Å². The van der Waals surface area contributed by atoms with Crippen LogP contribution < -0.4 is 10.5 Å². The van der Waals surface area contributed by atoms with Gasteiger partial charge < -0.3 is 5.73 Å². The number of anilines is 2. The molecule has 2 aromatic carbocycles. The van der Waals surface area contributed by atoms with Gasteiger partial charge in [-0.2, -0.15) is 0 Å². The van der Waals surface area contributed by atoms with Gasteiger partial charge in [0.1, 0.15) is 11.5 Å². The van der Waals surface area contributed by atoms with Crippen LogP contribution in [0.1, 0.15) is 5.56 Å². The monoisotopic (exact) mass is 376 g/mol. The fourth-order valence-corrected chi connectivity index (χ4v) is 2.98. The predicted octanol–water partition coefficient (Wildman–Crippen LogP) is 3.42. The van der Waals surface area contributed by atoms with E-state index in [9.17, 15) is 17.2 Å². The summed E-state index contributed by atoms with van der Waals surface area (Å²) in [6.45, 7) is 1.41. The number of nitrogens with two attached hydrogens (primary N) is 1. The highest BCUT2D eigenvalue weighted by molar-refractivity contribution is 9.10. The molecule has 0 aliphatic carbocycles. The van der Waals surface area contributed by atoms with E-state index < -0.39 is 27.3 Å². The van der Waals surface area contributed by atoms with Crippen LogP contribution in [-0.4, -0.2) is 8.42 Å². The van der Waals surface area contributed by atoms with Crippen molar-refractivity contribution >= 4 is 37.3 Å². The number of rotatable bonds is 3. The highest BCUT2D eigenvalue weighted by atomic mass is 79.9. The normalized spacial score (nSPS) is 11.4. The molecule has 0 unspecified atom stereocenters. The number of aryl methyl sites for hydroxylation is 1. The molecular formula is C13H11BrF2N2O2S. The number of halogens is 3. The van der Waals surface area contributed by atoms with Crippen LogP contribution in [0.3, 0.4) is 0 Å². The Labute approximate surface area is 129 Å². The van der Waals surface area contributed by atoms with Gasteiger partial charge in [-0.3, -0.25) is 4.72 Å². The molecule has 8 heteroatoms. The minimum Gasteiger partial charge on any atom is -0.398 e. The summed E-state index contributed by atoms with van der Waals surface area (Å²) in [7, 11) is -4.15. The fraction of sp³-hybridized carbons (Fsp3) is 0.0769. The Balaban J connectivity index is 2.47. The third-order valence-electron chi connectivity index (χ3n) is 2.80. The zero-order valence-electron chi connectivity index (χ0n) is 10.8. The van der Waals surface area contributed by atoms with Crippen molar-refractivity contribution in [1.82, 2.24) is 0 Å². The van der Waals surface area contributed by atoms with Crippen LogP contribution in [0, 0.1) is 18.6 Å². The Bertz CT molecular complexity index is 810. The molecule has 0 saturated heterocycles. The molecule has 3 N–H and O–H groups in total. The van der Waals surface area contributed by atoms with Gasteiger partial charge in [0, 0.05) is 10.2 Å². The lowest BCUT2D eigenvalue weighted by Gasteiger charge is -2.12. The van der Waals surface area contributed by atoms with Gasteiger partial charge in [-0.15, -0.1) is 0 Å². The Kier molecular flexibility index (Phi) is 4.20. The number of hydrogen-bond acceptors (Lipinski definition) is 3. The molecule has 0 amide bonds. The van der Waals surface area contributed by atoms with Crippen LogP contribution in [0.5, 0.6) is 0 Å². The number of benzene rings is 2. The molecule has 0 bridgehead atoms. The van der Waals surface area contributed by atoms with Crippen molar-refractivity contribution in [2.24, 2.45) is 0 Å². The Hall–Kier alpha value is -1.67. The molecule has 2 aromatic rings. The van der Waals surface area contributed by atoms with E-state index in [1.807, 2.05) is 4.72 Å². The SMILES string of the molecule is Cc1ccc(F)c(NS(=O)(=O)c2ccc(Br)c(N)c2)c1F. The molecule has 0 heterocycles. The van der Waals surface area contributed by atoms with Crippen molar-refractivity contribution in [3.05, 3.63) is 52.0 Å². The summed E-state index contributed by atoms with van der Waals surface area (Å²) < 4.78 is 54.2. The zero-order chi connectivity index (χ0) is 15.8. The topological polar surface area (TPSA) is 72.2 Å². The molecule has 0 aromatic heterocycles. The van der Waals surface area contributed by atoms with Gasteiger partial charge in [-0.25, -0.2) is 17.2 Å². The van der Waals surface area contributed by atoms with Crippen LogP contribution in [0.2, 0.25) is 0 Å². The van der Waals surface area contributed by atoms with Crippen molar-refractivity contribution in [1.29, 1.82) is 0 Å². The first kappa shape index (κ1) is 15.7. The van der Waals surface area contributed by atoms with Crippen LogP contribution in [0.25, 0.3) is 0 Å². The van der Waals surface area contributed by atoms with E-state index in [1.54, 1.807) is 0 Å². The molecule has 0 aliphatic heterocycles. The second-order valence-corrected chi connectivity index (χ2v) is 6.88. The van der Waals surface area contributed by atoms with E-state index in [1.165, 1.54) is 31.2 Å². The van der Waals surface area contributed by atoms with Crippen molar-refractivity contribution in [3.63, 3.8) is 0 Å². The predicted molar refractivity (Wildman–Crippen MR) is 80.5 cm³/mol. The second-order valence-electron chi connectivity index (χ2n) is 4.34. The second kappa shape index (κ2) is 5.61. The quantitative estimate of drug-likeness (QED) is 0.806. The summed E-state index contributed by atoms with van der Waals surface area (Å²) in [6, 6.07) is 6.12. The van der Waals surface area contributed by atoms with Gasteiger partial charge >= 0.3 is 0 Å². The Morgan fingerprint density at radius 3 is 2.48 bits per heavy atom. The number of hydrogen-bond donors (Lipinski definition) is 2. The summed E-state index contributed by atoms with van der Waals surface area (Å²) in [6.07, 6.45) is 0. The first-order chi connectivity index (χ1) is 9.72. The smallest absolute Gasteiger partial charge is 0.262 e. The van der Waals surface area contributed by atoms with E-state index in [2.05, 4.69) is 15.9 Å². The number of nitrogen functional groups attached to an aromatic ring is 1. The molecule has 0 fully saturated rings. The third kappa shape index (κ3) is 3.16. The first-order valence-corrected chi connectivity index (χ1v) is 8.02. The fourth-order valence-electron chi connectivity index (χ4n) is 1.63. The minimum absolute atomic E-state index is 0.129. The van der Waals surface area contributed by atoms with Gasteiger partial charge in [0.15, 0.2) is 5.82 Å². The highest BCUT2D eigenvalue weighted by Crippen LogP contribution is 2.27. The maximum atomic E-state index is 13.9. The van der Waals surface area contributed by atoms with Gasteiger partial charge in [0.25, 0.3) is 10.0 Å². The van der Waals surface area contributed by atoms with E-state index in [0.29, 0.717) is 4.47 Å². The molecule has 0 spiro atoms. The van der Waals surface area contributed by atoms with E-state index in [0.717, 1.165) is 6.07 Å². The molecule has 112 valence electrons. The molecule has 2 rings (SSSR count). The van der Waals surface area contributed by atoms with Crippen molar-refractivity contribution < 1.29 is 17.2 Å². The third-order valence-corrected chi connectivity index (χ3v) is 4.87. The zero-order valence-corrected chi connectivity index (χ0v) is 13.2. The van der Waals surface area contributed by atoms with E-state index in [4.69, 9.17) is 5.73 Å². The lowest BCUT2D eigenvalue weighted by atomic mass is 10.2. The Morgan fingerprint density at radius 1 is 1.19 bits per heavy atom.